The van der Waals surface area contributed by atoms with Gasteiger partial charge in [-0.3, -0.25) is 9.59 Å². The molecule has 156 valence electrons. The van der Waals surface area contributed by atoms with Gasteiger partial charge in [0, 0.05) is 45.0 Å². The summed E-state index contributed by atoms with van der Waals surface area (Å²) in [6, 6.07) is 3.40. The molecule has 29 heavy (non-hydrogen) atoms. The number of imidazole rings is 1. The number of nitrogens with zero attached hydrogens (tertiary/aromatic N) is 5. The minimum atomic E-state index is -0.488. The van der Waals surface area contributed by atoms with Crippen LogP contribution in [0.15, 0.2) is 30.7 Å². The van der Waals surface area contributed by atoms with Crippen LogP contribution in [0.4, 0.5) is 11.5 Å². The van der Waals surface area contributed by atoms with E-state index in [-0.39, 0.29) is 24.3 Å². The minimum absolute atomic E-state index is 0.0155. The van der Waals surface area contributed by atoms with Gasteiger partial charge >= 0.3 is 0 Å². The molecule has 0 unspecified atom stereocenters. The Balaban J connectivity index is 1.80. The summed E-state index contributed by atoms with van der Waals surface area (Å²) in [6.07, 6.45) is 5.46. The fourth-order valence-corrected chi connectivity index (χ4v) is 4.00. The van der Waals surface area contributed by atoms with Crippen molar-refractivity contribution in [3.05, 3.63) is 36.5 Å². The van der Waals surface area contributed by atoms with Crippen LogP contribution < -0.4 is 10.2 Å². The number of rotatable bonds is 8. The van der Waals surface area contributed by atoms with Crippen molar-refractivity contribution in [2.45, 2.75) is 46.7 Å². The Morgan fingerprint density at radius 2 is 1.93 bits per heavy atom. The zero-order valence-corrected chi connectivity index (χ0v) is 17.6. The predicted octanol–water partition coefficient (Wildman–Crippen LogP) is 2.69. The second-order valence-electron chi connectivity index (χ2n) is 7.07. The van der Waals surface area contributed by atoms with E-state index < -0.39 is 5.92 Å². The lowest BCUT2D eigenvalue weighted by molar-refractivity contribution is -0.129. The Labute approximate surface area is 171 Å². The first-order chi connectivity index (χ1) is 14.0. The van der Waals surface area contributed by atoms with E-state index in [0.29, 0.717) is 12.2 Å². The summed E-state index contributed by atoms with van der Waals surface area (Å²) in [5.74, 6) is 0.956. The average molecular weight is 399 g/mol. The molecule has 3 heterocycles. The van der Waals surface area contributed by atoms with Gasteiger partial charge in [-0.2, -0.15) is 0 Å². The number of amides is 2. The molecule has 0 aliphatic carbocycles. The summed E-state index contributed by atoms with van der Waals surface area (Å²) in [6.45, 7) is 11.1. The Morgan fingerprint density at radius 3 is 2.52 bits per heavy atom. The highest BCUT2D eigenvalue weighted by Gasteiger charge is 2.45. The molecule has 2 aromatic heterocycles. The maximum absolute atomic E-state index is 13.1. The van der Waals surface area contributed by atoms with Crippen LogP contribution in [0.1, 0.15) is 46.0 Å². The Hall–Kier alpha value is -2.90. The number of likely N-dealkylation sites (tertiary alicyclic amines) is 1. The first-order valence-corrected chi connectivity index (χ1v) is 10.4. The molecule has 1 N–H and O–H groups in total. The average Bonchev–Trinajstić information content (AvgIpc) is 3.33. The molecule has 3 rings (SSSR count). The highest BCUT2D eigenvalue weighted by Crippen LogP contribution is 2.38. The zero-order chi connectivity index (χ0) is 21.0. The molecule has 0 spiro atoms. The van der Waals surface area contributed by atoms with Gasteiger partial charge in [0.1, 0.15) is 17.7 Å². The maximum Gasteiger partial charge on any atom is 0.230 e. The number of nitrogens with one attached hydrogen (secondary N) is 1. The van der Waals surface area contributed by atoms with Crippen molar-refractivity contribution in [1.82, 2.24) is 19.4 Å². The van der Waals surface area contributed by atoms with Crippen LogP contribution >= 0.6 is 0 Å². The molecular weight excluding hydrogens is 368 g/mol. The van der Waals surface area contributed by atoms with Crippen molar-refractivity contribution in [3.63, 3.8) is 0 Å². The van der Waals surface area contributed by atoms with Crippen molar-refractivity contribution in [2.75, 3.05) is 29.9 Å². The molecular formula is C21H30N6O2. The molecule has 2 aromatic rings. The molecule has 0 saturated carbocycles. The molecule has 2 amide bonds. The Morgan fingerprint density at radius 1 is 1.17 bits per heavy atom. The molecule has 1 aliphatic rings. The van der Waals surface area contributed by atoms with Gasteiger partial charge in [0.15, 0.2) is 0 Å². The molecule has 0 bridgehead atoms. The van der Waals surface area contributed by atoms with Crippen molar-refractivity contribution in [1.29, 1.82) is 0 Å². The fraction of sp³-hybridized carbons (Fsp3) is 0.524. The highest BCUT2D eigenvalue weighted by atomic mass is 16.2. The van der Waals surface area contributed by atoms with Crippen LogP contribution in [0.2, 0.25) is 0 Å². The van der Waals surface area contributed by atoms with Crippen LogP contribution in [-0.2, 0) is 16.1 Å². The van der Waals surface area contributed by atoms with Crippen molar-refractivity contribution < 1.29 is 9.59 Å². The topological polar surface area (TPSA) is 83.4 Å². The van der Waals surface area contributed by atoms with Crippen molar-refractivity contribution in [3.8, 4) is 0 Å². The van der Waals surface area contributed by atoms with Gasteiger partial charge < -0.3 is 19.7 Å². The number of carbonyl (C=O) groups excluding carboxylic acids is 2. The number of hydrogen-bond acceptors (Lipinski definition) is 5. The van der Waals surface area contributed by atoms with E-state index in [1.807, 2.05) is 36.7 Å². The van der Waals surface area contributed by atoms with Crippen molar-refractivity contribution in [2.24, 2.45) is 5.92 Å². The van der Waals surface area contributed by atoms with E-state index in [2.05, 4.69) is 34.0 Å². The summed E-state index contributed by atoms with van der Waals surface area (Å²) in [4.78, 5) is 38.5. The van der Waals surface area contributed by atoms with E-state index in [0.717, 1.165) is 31.3 Å². The fourth-order valence-electron chi connectivity index (χ4n) is 4.00. The molecule has 2 atom stereocenters. The zero-order valence-electron chi connectivity index (χ0n) is 17.6. The first-order valence-electron chi connectivity index (χ1n) is 10.4. The monoisotopic (exact) mass is 398 g/mol. The summed E-state index contributed by atoms with van der Waals surface area (Å²) < 4.78 is 1.99. The van der Waals surface area contributed by atoms with Crippen LogP contribution in [0.3, 0.4) is 0 Å². The van der Waals surface area contributed by atoms with Crippen LogP contribution in [-0.4, -0.2) is 50.9 Å². The van der Waals surface area contributed by atoms with Gasteiger partial charge in [-0.25, -0.2) is 9.97 Å². The molecule has 1 fully saturated rings. The SMILES string of the molecule is CCN(CC)c1ccc(NC(=O)[C@H]2CC(=O)N(CC)[C@@H]2c2nccn2CC)cn1. The van der Waals surface area contributed by atoms with E-state index in [4.69, 9.17) is 0 Å². The van der Waals surface area contributed by atoms with Gasteiger partial charge in [0.05, 0.1) is 17.8 Å². The summed E-state index contributed by atoms with van der Waals surface area (Å²) >= 11 is 0. The third-order valence-corrected chi connectivity index (χ3v) is 5.57. The maximum atomic E-state index is 13.1. The van der Waals surface area contributed by atoms with Gasteiger partial charge in [0.2, 0.25) is 11.8 Å². The van der Waals surface area contributed by atoms with Gasteiger partial charge in [-0.1, -0.05) is 0 Å². The summed E-state index contributed by atoms with van der Waals surface area (Å²) in [5, 5.41) is 2.94. The smallest absolute Gasteiger partial charge is 0.230 e. The predicted molar refractivity (Wildman–Crippen MR) is 113 cm³/mol. The number of aromatic nitrogens is 3. The minimum Gasteiger partial charge on any atom is -0.357 e. The normalized spacial score (nSPS) is 18.9. The molecule has 0 aromatic carbocycles. The second-order valence-corrected chi connectivity index (χ2v) is 7.07. The third-order valence-electron chi connectivity index (χ3n) is 5.57. The standard InChI is InChI=1S/C21H30N6O2/c1-5-25(6-2)17-10-9-15(14-23-17)24-21(29)16-13-18(28)27(8-4)19(16)20-22-11-12-26(20)7-3/h9-12,14,16,19H,5-8,13H2,1-4H3,(H,24,29)/t16-,19-/m0/s1. The number of anilines is 2. The van der Waals surface area contributed by atoms with E-state index >= 15 is 0 Å². The largest absolute Gasteiger partial charge is 0.357 e. The summed E-state index contributed by atoms with van der Waals surface area (Å²) in [5.41, 5.74) is 0.630. The van der Waals surface area contributed by atoms with Gasteiger partial charge in [-0.05, 0) is 39.8 Å². The van der Waals surface area contributed by atoms with E-state index in [1.54, 1.807) is 17.3 Å². The molecule has 1 aliphatic heterocycles. The Kier molecular flexibility index (Phi) is 6.51. The van der Waals surface area contributed by atoms with Crippen LogP contribution in [0.25, 0.3) is 0 Å². The lowest BCUT2D eigenvalue weighted by atomic mass is 9.98. The van der Waals surface area contributed by atoms with E-state index in [9.17, 15) is 9.59 Å². The van der Waals surface area contributed by atoms with Gasteiger partial charge in [0.25, 0.3) is 0 Å². The molecule has 8 nitrogen and oxygen atoms in total. The van der Waals surface area contributed by atoms with E-state index in [1.165, 1.54) is 0 Å². The lowest BCUT2D eigenvalue weighted by Crippen LogP contribution is -2.34. The first kappa shape index (κ1) is 20.8. The number of carbonyl (C=O) groups is 2. The number of pyridine rings is 1. The molecule has 0 radical (unpaired) electrons. The Bertz CT molecular complexity index is 843. The molecule has 8 heteroatoms. The number of hydrogen-bond donors (Lipinski definition) is 1. The molecule has 1 saturated heterocycles. The van der Waals surface area contributed by atoms with Crippen molar-refractivity contribution >= 4 is 23.3 Å². The number of aryl methyl sites for hydroxylation is 1. The second kappa shape index (κ2) is 9.07. The third kappa shape index (κ3) is 4.11. The van der Waals surface area contributed by atoms with Crippen LogP contribution in [0, 0.1) is 5.92 Å². The van der Waals surface area contributed by atoms with Crippen LogP contribution in [0.5, 0.6) is 0 Å². The quantitative estimate of drug-likeness (QED) is 0.739. The lowest BCUT2D eigenvalue weighted by Gasteiger charge is -2.27. The highest BCUT2D eigenvalue weighted by molar-refractivity contribution is 5.97. The van der Waals surface area contributed by atoms with Gasteiger partial charge in [-0.15, -0.1) is 0 Å². The summed E-state index contributed by atoms with van der Waals surface area (Å²) in [7, 11) is 0.